The first-order valence-electron chi connectivity index (χ1n) is 11.1. The minimum absolute atomic E-state index is 0.261. The van der Waals surface area contributed by atoms with Crippen molar-refractivity contribution >= 4 is 5.69 Å². The highest BCUT2D eigenvalue weighted by Gasteiger charge is 2.22. The molecule has 0 aliphatic heterocycles. The number of aryl methyl sites for hydroxylation is 7. The molecule has 1 nitrogen and oxygen atoms in total. The van der Waals surface area contributed by atoms with Gasteiger partial charge >= 0.3 is 0 Å². The van der Waals surface area contributed by atoms with Crippen LogP contribution in [-0.4, -0.2) is 0 Å². The van der Waals surface area contributed by atoms with Gasteiger partial charge in [0.25, 0.3) is 0 Å². The predicted octanol–water partition coefficient (Wildman–Crippen LogP) is 7.73. The third-order valence-corrected chi connectivity index (χ3v) is 6.66. The Morgan fingerprint density at radius 3 is 1.07 bits per heavy atom. The van der Waals surface area contributed by atoms with Crippen molar-refractivity contribution in [3.8, 4) is 0 Å². The first kappa shape index (κ1) is 22.2. The summed E-state index contributed by atoms with van der Waals surface area (Å²) in [7, 11) is 0. The van der Waals surface area contributed by atoms with Gasteiger partial charge in [-0.05, 0) is 93.0 Å². The summed E-state index contributed by atoms with van der Waals surface area (Å²) in [5.41, 5.74) is 22.4. The molecule has 30 heavy (non-hydrogen) atoms. The Kier molecular flexibility index (Phi) is 6.13. The molecule has 0 aromatic heterocycles. The van der Waals surface area contributed by atoms with Gasteiger partial charge in [-0.3, -0.25) is 0 Å². The number of anilines is 1. The molecule has 0 saturated carbocycles. The van der Waals surface area contributed by atoms with Crippen LogP contribution in [-0.2, 0) is 0 Å². The Balaban J connectivity index is 2.16. The topological polar surface area (TPSA) is 26.0 Å². The summed E-state index contributed by atoms with van der Waals surface area (Å²) in [6.07, 6.45) is 0. The third-order valence-electron chi connectivity index (χ3n) is 6.66. The molecule has 0 saturated heterocycles. The molecule has 3 aromatic rings. The maximum Gasteiger partial charge on any atom is 0.0391 e. The van der Waals surface area contributed by atoms with Crippen molar-refractivity contribution in [3.05, 3.63) is 97.6 Å². The van der Waals surface area contributed by atoms with Gasteiger partial charge in [-0.15, -0.1) is 0 Å². The standard InChI is InChI=1S/C29H37N/c1-16-10-19(4)27(20(5)11-16)23(8)25-14-18(3)15-26(29(25)30)24(9)28-21(6)12-17(2)13-22(28)7/h10-15,23-24H,30H2,1-9H3/t23-,24-/m1/s1. The van der Waals surface area contributed by atoms with Crippen molar-refractivity contribution in [1.82, 2.24) is 0 Å². The molecule has 0 fully saturated rings. The maximum atomic E-state index is 6.89. The van der Waals surface area contributed by atoms with Crippen molar-refractivity contribution in [2.75, 3.05) is 5.73 Å². The molecule has 0 bridgehead atoms. The fourth-order valence-corrected chi connectivity index (χ4v) is 5.63. The molecule has 0 heterocycles. The van der Waals surface area contributed by atoms with Gasteiger partial charge in [0.05, 0.1) is 0 Å². The average molecular weight is 400 g/mol. The first-order valence-corrected chi connectivity index (χ1v) is 11.1. The second kappa shape index (κ2) is 8.30. The Morgan fingerprint density at radius 1 is 0.500 bits per heavy atom. The Morgan fingerprint density at radius 2 is 0.767 bits per heavy atom. The molecular formula is C29H37N. The Hall–Kier alpha value is -2.54. The smallest absolute Gasteiger partial charge is 0.0391 e. The summed E-state index contributed by atoms with van der Waals surface area (Å²) >= 11 is 0. The zero-order valence-corrected chi connectivity index (χ0v) is 20.2. The molecule has 0 radical (unpaired) electrons. The van der Waals surface area contributed by atoms with Crippen molar-refractivity contribution in [2.24, 2.45) is 0 Å². The molecule has 0 aliphatic rings. The van der Waals surface area contributed by atoms with Crippen LogP contribution in [0.5, 0.6) is 0 Å². The van der Waals surface area contributed by atoms with E-state index >= 15 is 0 Å². The van der Waals surface area contributed by atoms with Crippen molar-refractivity contribution in [1.29, 1.82) is 0 Å². The van der Waals surface area contributed by atoms with E-state index in [-0.39, 0.29) is 11.8 Å². The molecular weight excluding hydrogens is 362 g/mol. The molecule has 2 atom stereocenters. The molecule has 2 N–H and O–H groups in total. The van der Waals surface area contributed by atoms with Crippen LogP contribution >= 0.6 is 0 Å². The molecule has 0 spiro atoms. The summed E-state index contributed by atoms with van der Waals surface area (Å²) in [6, 6.07) is 13.7. The largest absolute Gasteiger partial charge is 0.398 e. The van der Waals surface area contributed by atoms with Crippen LogP contribution in [0.25, 0.3) is 0 Å². The lowest BCUT2D eigenvalue weighted by molar-refractivity contribution is 0.867. The van der Waals surface area contributed by atoms with Gasteiger partial charge in [0.15, 0.2) is 0 Å². The number of rotatable bonds is 4. The van der Waals surface area contributed by atoms with Crippen LogP contribution in [0, 0.1) is 48.5 Å². The van der Waals surface area contributed by atoms with Gasteiger partial charge in [0, 0.05) is 17.5 Å². The van der Waals surface area contributed by atoms with Gasteiger partial charge in [-0.1, -0.05) is 66.9 Å². The lowest BCUT2D eigenvalue weighted by Gasteiger charge is -2.26. The van der Waals surface area contributed by atoms with E-state index in [2.05, 4.69) is 98.7 Å². The molecule has 0 aliphatic carbocycles. The minimum atomic E-state index is 0.261. The highest BCUT2D eigenvalue weighted by Crippen LogP contribution is 2.40. The van der Waals surface area contributed by atoms with Crippen LogP contribution in [0.2, 0.25) is 0 Å². The van der Waals surface area contributed by atoms with E-state index in [1.54, 1.807) is 0 Å². The van der Waals surface area contributed by atoms with Gasteiger partial charge in [0.2, 0.25) is 0 Å². The van der Waals surface area contributed by atoms with E-state index < -0.39 is 0 Å². The molecule has 3 rings (SSSR count). The van der Waals surface area contributed by atoms with Gasteiger partial charge in [0.1, 0.15) is 0 Å². The number of benzene rings is 3. The number of hydrogen-bond donors (Lipinski definition) is 1. The summed E-state index contributed by atoms with van der Waals surface area (Å²) < 4.78 is 0. The fraction of sp³-hybridized carbons (Fsp3) is 0.379. The monoisotopic (exact) mass is 399 g/mol. The lowest BCUT2D eigenvalue weighted by Crippen LogP contribution is -2.11. The van der Waals surface area contributed by atoms with Crippen molar-refractivity contribution in [2.45, 2.75) is 74.1 Å². The second-order valence-corrected chi connectivity index (χ2v) is 9.43. The van der Waals surface area contributed by atoms with Crippen LogP contribution < -0.4 is 5.73 Å². The quantitative estimate of drug-likeness (QED) is 0.446. The Bertz CT molecular complexity index is 973. The summed E-state index contributed by atoms with van der Waals surface area (Å²) in [4.78, 5) is 0. The predicted molar refractivity (Wildman–Crippen MR) is 132 cm³/mol. The van der Waals surface area contributed by atoms with Gasteiger partial charge in [-0.2, -0.15) is 0 Å². The maximum absolute atomic E-state index is 6.89. The van der Waals surface area contributed by atoms with E-state index in [0.717, 1.165) is 5.69 Å². The molecule has 3 aromatic carbocycles. The minimum Gasteiger partial charge on any atom is -0.398 e. The lowest BCUT2D eigenvalue weighted by atomic mass is 9.80. The zero-order chi connectivity index (χ0) is 22.3. The SMILES string of the molecule is Cc1cc(C)c([C@H](C)c2cc(C)cc([C@@H](C)c3c(C)cc(C)cc3C)c2N)c(C)c1. The molecule has 1 heteroatoms. The molecule has 158 valence electrons. The highest BCUT2D eigenvalue weighted by molar-refractivity contribution is 5.63. The third kappa shape index (κ3) is 4.03. The fourth-order valence-electron chi connectivity index (χ4n) is 5.63. The van der Waals surface area contributed by atoms with E-state index in [0.29, 0.717) is 0 Å². The van der Waals surface area contributed by atoms with Crippen LogP contribution in [0.1, 0.15) is 86.9 Å². The number of hydrogen-bond acceptors (Lipinski definition) is 1. The number of nitrogen functional groups attached to an aromatic ring is 1. The van der Waals surface area contributed by atoms with Crippen molar-refractivity contribution < 1.29 is 0 Å². The van der Waals surface area contributed by atoms with E-state index in [9.17, 15) is 0 Å². The zero-order valence-electron chi connectivity index (χ0n) is 20.2. The average Bonchev–Trinajstić information content (AvgIpc) is 2.61. The van der Waals surface area contributed by atoms with E-state index in [1.807, 2.05) is 0 Å². The van der Waals surface area contributed by atoms with Crippen LogP contribution in [0.15, 0.2) is 36.4 Å². The normalized spacial score (nSPS) is 13.4. The van der Waals surface area contributed by atoms with Gasteiger partial charge in [-0.25, -0.2) is 0 Å². The second-order valence-electron chi connectivity index (χ2n) is 9.43. The highest BCUT2D eigenvalue weighted by atomic mass is 14.6. The summed E-state index contributed by atoms with van der Waals surface area (Å²) in [5, 5.41) is 0. The molecule has 0 amide bonds. The molecule has 0 unspecified atom stereocenters. The van der Waals surface area contributed by atoms with Gasteiger partial charge < -0.3 is 5.73 Å². The Labute approximate surface area is 183 Å². The van der Waals surface area contributed by atoms with Crippen LogP contribution in [0.4, 0.5) is 5.69 Å². The van der Waals surface area contributed by atoms with E-state index in [4.69, 9.17) is 5.73 Å². The van der Waals surface area contributed by atoms with Crippen LogP contribution in [0.3, 0.4) is 0 Å². The number of nitrogens with two attached hydrogens (primary N) is 1. The summed E-state index contributed by atoms with van der Waals surface area (Å²) in [6.45, 7) is 20.0. The summed E-state index contributed by atoms with van der Waals surface area (Å²) in [5.74, 6) is 0.522. The first-order chi connectivity index (χ1) is 14.0. The van der Waals surface area contributed by atoms with Crippen molar-refractivity contribution in [3.63, 3.8) is 0 Å². The van der Waals surface area contributed by atoms with E-state index in [1.165, 1.54) is 61.2 Å².